The third-order valence-corrected chi connectivity index (χ3v) is 3.38. The first-order valence-corrected chi connectivity index (χ1v) is 7.59. The van der Waals surface area contributed by atoms with E-state index in [1.54, 1.807) is 11.6 Å². The molecule has 6 heteroatoms. The van der Waals surface area contributed by atoms with E-state index in [4.69, 9.17) is 0 Å². The van der Waals surface area contributed by atoms with Gasteiger partial charge in [-0.2, -0.15) is 5.10 Å². The standard InChI is InChI=1S/C17H22N4O2/c1-11(2)19-15(22)10-18-17(23)16-12(3)20-21(13(16)4)14-8-6-5-7-9-14/h5-9,11H,10H2,1-4H3,(H,18,23)(H,19,22). The van der Waals surface area contributed by atoms with Crippen LogP contribution >= 0.6 is 0 Å². The molecule has 0 aliphatic heterocycles. The Labute approximate surface area is 135 Å². The number of rotatable bonds is 5. The van der Waals surface area contributed by atoms with Crippen molar-refractivity contribution < 1.29 is 9.59 Å². The van der Waals surface area contributed by atoms with Crippen molar-refractivity contribution in [2.24, 2.45) is 0 Å². The van der Waals surface area contributed by atoms with Crippen molar-refractivity contribution in [1.82, 2.24) is 20.4 Å². The minimum atomic E-state index is -0.291. The molecule has 0 aliphatic carbocycles. The van der Waals surface area contributed by atoms with Gasteiger partial charge in [0.05, 0.1) is 29.2 Å². The molecule has 0 aliphatic rings. The summed E-state index contributed by atoms with van der Waals surface area (Å²) in [6, 6.07) is 9.66. The van der Waals surface area contributed by atoms with E-state index in [-0.39, 0.29) is 24.4 Å². The number of nitrogens with zero attached hydrogens (tertiary/aromatic N) is 2. The van der Waals surface area contributed by atoms with Crippen molar-refractivity contribution in [2.45, 2.75) is 33.7 Å². The van der Waals surface area contributed by atoms with E-state index in [9.17, 15) is 9.59 Å². The molecule has 6 nitrogen and oxygen atoms in total. The number of hydrogen-bond acceptors (Lipinski definition) is 3. The lowest BCUT2D eigenvalue weighted by Gasteiger charge is -2.09. The number of nitrogens with one attached hydrogen (secondary N) is 2. The number of amides is 2. The summed E-state index contributed by atoms with van der Waals surface area (Å²) in [7, 11) is 0. The highest BCUT2D eigenvalue weighted by molar-refractivity contribution is 5.98. The highest BCUT2D eigenvalue weighted by Crippen LogP contribution is 2.17. The fourth-order valence-corrected chi connectivity index (χ4v) is 2.41. The Morgan fingerprint density at radius 3 is 2.43 bits per heavy atom. The van der Waals surface area contributed by atoms with Crippen LogP contribution in [0.15, 0.2) is 30.3 Å². The van der Waals surface area contributed by atoms with Crippen LogP contribution in [0, 0.1) is 13.8 Å². The molecule has 0 spiro atoms. The van der Waals surface area contributed by atoms with Crippen LogP contribution in [0.1, 0.15) is 35.6 Å². The van der Waals surface area contributed by atoms with Crippen molar-refractivity contribution in [3.63, 3.8) is 0 Å². The van der Waals surface area contributed by atoms with Crippen molar-refractivity contribution in [1.29, 1.82) is 0 Å². The van der Waals surface area contributed by atoms with E-state index >= 15 is 0 Å². The number of aryl methyl sites for hydroxylation is 1. The van der Waals surface area contributed by atoms with Crippen LogP contribution in [-0.2, 0) is 4.79 Å². The quantitative estimate of drug-likeness (QED) is 0.882. The molecular formula is C17H22N4O2. The Hall–Kier alpha value is -2.63. The average Bonchev–Trinajstić information content (AvgIpc) is 2.80. The Kier molecular flexibility index (Phi) is 5.16. The van der Waals surface area contributed by atoms with E-state index in [0.29, 0.717) is 11.3 Å². The predicted octanol–water partition coefficient (Wildman–Crippen LogP) is 1.74. The zero-order valence-corrected chi connectivity index (χ0v) is 13.9. The molecule has 2 amide bonds. The van der Waals surface area contributed by atoms with Crippen LogP contribution in [-0.4, -0.2) is 34.2 Å². The number of hydrogen-bond donors (Lipinski definition) is 2. The Morgan fingerprint density at radius 2 is 1.83 bits per heavy atom. The van der Waals surface area contributed by atoms with Crippen LogP contribution < -0.4 is 10.6 Å². The molecule has 0 unspecified atom stereocenters. The summed E-state index contributed by atoms with van der Waals surface area (Å²) >= 11 is 0. The molecule has 2 aromatic rings. The number of benzene rings is 1. The molecule has 0 radical (unpaired) electrons. The fraction of sp³-hybridized carbons (Fsp3) is 0.353. The summed E-state index contributed by atoms with van der Waals surface area (Å²) in [4.78, 5) is 24.0. The smallest absolute Gasteiger partial charge is 0.255 e. The molecule has 0 saturated carbocycles. The lowest BCUT2D eigenvalue weighted by molar-refractivity contribution is -0.120. The third-order valence-electron chi connectivity index (χ3n) is 3.38. The van der Waals surface area contributed by atoms with Crippen molar-refractivity contribution in [2.75, 3.05) is 6.54 Å². The van der Waals surface area contributed by atoms with Gasteiger partial charge in [-0.1, -0.05) is 18.2 Å². The van der Waals surface area contributed by atoms with Crippen molar-refractivity contribution in [3.8, 4) is 5.69 Å². The SMILES string of the molecule is Cc1nn(-c2ccccc2)c(C)c1C(=O)NCC(=O)NC(C)C. The summed E-state index contributed by atoms with van der Waals surface area (Å²) in [5.41, 5.74) is 2.78. The highest BCUT2D eigenvalue weighted by atomic mass is 16.2. The van der Waals surface area contributed by atoms with E-state index in [2.05, 4.69) is 15.7 Å². The second-order valence-electron chi connectivity index (χ2n) is 5.70. The van der Waals surface area contributed by atoms with Crippen LogP contribution in [0.25, 0.3) is 5.69 Å². The summed E-state index contributed by atoms with van der Waals surface area (Å²) < 4.78 is 1.73. The van der Waals surface area contributed by atoms with Gasteiger partial charge in [0.15, 0.2) is 0 Å². The Morgan fingerprint density at radius 1 is 1.17 bits per heavy atom. The monoisotopic (exact) mass is 314 g/mol. The number of aromatic nitrogens is 2. The molecule has 0 saturated heterocycles. The maximum atomic E-state index is 12.4. The molecule has 23 heavy (non-hydrogen) atoms. The van der Waals surface area contributed by atoms with Crippen molar-refractivity contribution >= 4 is 11.8 Å². The van der Waals surface area contributed by atoms with Gasteiger partial charge in [0.25, 0.3) is 5.91 Å². The second-order valence-corrected chi connectivity index (χ2v) is 5.70. The summed E-state index contributed by atoms with van der Waals surface area (Å²) in [5.74, 6) is -0.500. The predicted molar refractivity (Wildman–Crippen MR) is 88.6 cm³/mol. The van der Waals surface area contributed by atoms with Gasteiger partial charge in [-0.15, -0.1) is 0 Å². The van der Waals surface area contributed by atoms with Crippen LogP contribution in [0.5, 0.6) is 0 Å². The molecule has 2 rings (SSSR count). The summed E-state index contributed by atoms with van der Waals surface area (Å²) in [6.07, 6.45) is 0. The van der Waals surface area contributed by atoms with Gasteiger partial charge < -0.3 is 10.6 Å². The van der Waals surface area contributed by atoms with E-state index in [1.807, 2.05) is 51.1 Å². The molecule has 2 N–H and O–H groups in total. The molecule has 1 heterocycles. The number of carbonyl (C=O) groups excluding carboxylic acids is 2. The Balaban J connectivity index is 2.16. The van der Waals surface area contributed by atoms with Gasteiger partial charge in [-0.25, -0.2) is 4.68 Å². The van der Waals surface area contributed by atoms with Crippen molar-refractivity contribution in [3.05, 3.63) is 47.3 Å². The topological polar surface area (TPSA) is 76.0 Å². The second kappa shape index (κ2) is 7.09. The molecule has 1 aromatic heterocycles. The molecule has 0 bridgehead atoms. The van der Waals surface area contributed by atoms with E-state index in [1.165, 1.54) is 0 Å². The Bertz CT molecular complexity index is 705. The summed E-state index contributed by atoms with van der Waals surface area (Å²) in [5, 5.41) is 9.81. The van der Waals surface area contributed by atoms with Crippen LogP contribution in [0.3, 0.4) is 0 Å². The number of carbonyl (C=O) groups is 2. The third kappa shape index (κ3) is 3.97. The first kappa shape index (κ1) is 16.7. The highest BCUT2D eigenvalue weighted by Gasteiger charge is 2.19. The molecule has 0 fully saturated rings. The van der Waals surface area contributed by atoms with Crippen LogP contribution in [0.4, 0.5) is 0 Å². The molecule has 1 aromatic carbocycles. The maximum absolute atomic E-state index is 12.4. The van der Waals surface area contributed by atoms with Gasteiger partial charge in [-0.3, -0.25) is 9.59 Å². The molecular weight excluding hydrogens is 292 g/mol. The van der Waals surface area contributed by atoms with E-state index < -0.39 is 0 Å². The first-order valence-electron chi connectivity index (χ1n) is 7.59. The van der Waals surface area contributed by atoms with Gasteiger partial charge >= 0.3 is 0 Å². The summed E-state index contributed by atoms with van der Waals surface area (Å²) in [6.45, 7) is 7.33. The largest absolute Gasteiger partial charge is 0.352 e. The molecule has 0 atom stereocenters. The molecule has 122 valence electrons. The normalized spacial score (nSPS) is 10.7. The minimum Gasteiger partial charge on any atom is -0.352 e. The van der Waals surface area contributed by atoms with Gasteiger partial charge in [0, 0.05) is 6.04 Å². The lowest BCUT2D eigenvalue weighted by atomic mass is 10.2. The zero-order chi connectivity index (χ0) is 17.0. The van der Waals surface area contributed by atoms with Gasteiger partial charge in [0.1, 0.15) is 0 Å². The first-order chi connectivity index (χ1) is 10.9. The van der Waals surface area contributed by atoms with Crippen LogP contribution in [0.2, 0.25) is 0 Å². The lowest BCUT2D eigenvalue weighted by Crippen LogP contribution is -2.40. The van der Waals surface area contributed by atoms with Gasteiger partial charge in [0.2, 0.25) is 5.91 Å². The number of para-hydroxylation sites is 1. The van der Waals surface area contributed by atoms with Gasteiger partial charge in [-0.05, 0) is 39.8 Å². The zero-order valence-electron chi connectivity index (χ0n) is 13.9. The minimum absolute atomic E-state index is 0.0451. The average molecular weight is 314 g/mol. The fourth-order valence-electron chi connectivity index (χ4n) is 2.41. The van der Waals surface area contributed by atoms with E-state index in [0.717, 1.165) is 11.4 Å². The maximum Gasteiger partial charge on any atom is 0.255 e.